The molecule has 73 heavy (non-hydrogen) atoms. The fourth-order valence-corrected chi connectivity index (χ4v) is 11.6. The summed E-state index contributed by atoms with van der Waals surface area (Å²) in [7, 11) is -18.2. The molecule has 0 saturated carbocycles. The van der Waals surface area contributed by atoms with Crippen molar-refractivity contribution in [1.29, 1.82) is 0 Å². The molecule has 2 aromatic rings. The third-order valence-electron chi connectivity index (χ3n) is 11.7. The molecule has 4 aliphatic rings. The number of benzene rings is 1. The van der Waals surface area contributed by atoms with Gasteiger partial charge in [0.15, 0.2) is 6.61 Å². The van der Waals surface area contributed by atoms with Gasteiger partial charge in [0.2, 0.25) is 0 Å². The van der Waals surface area contributed by atoms with Gasteiger partial charge in [0.1, 0.15) is 42.4 Å². The van der Waals surface area contributed by atoms with Crippen molar-refractivity contribution in [2.75, 3.05) is 32.3 Å². The number of ether oxygens (including phenoxy) is 4. The van der Waals surface area contributed by atoms with Crippen LogP contribution in [0.25, 0.3) is 20.9 Å². The van der Waals surface area contributed by atoms with Gasteiger partial charge in [-0.2, -0.15) is 4.98 Å². The molecule has 6 unspecified atom stereocenters. The van der Waals surface area contributed by atoms with Gasteiger partial charge in [-0.3, -0.25) is 18.3 Å². The van der Waals surface area contributed by atoms with Crippen molar-refractivity contribution in [2.24, 2.45) is 10.2 Å². The number of phosphoric ester groups is 1. The van der Waals surface area contributed by atoms with Crippen LogP contribution in [0.5, 0.6) is 5.75 Å². The summed E-state index contributed by atoms with van der Waals surface area (Å²) in [6, 6.07) is 4.09. The lowest BCUT2D eigenvalue weighted by Gasteiger charge is -2.39. The van der Waals surface area contributed by atoms with Gasteiger partial charge in [0.05, 0.1) is 37.0 Å². The summed E-state index contributed by atoms with van der Waals surface area (Å²) in [6.07, 6.45) is 5.04. The van der Waals surface area contributed by atoms with Crippen LogP contribution in [0.15, 0.2) is 86.5 Å². The van der Waals surface area contributed by atoms with E-state index in [0.29, 0.717) is 49.1 Å². The van der Waals surface area contributed by atoms with Crippen molar-refractivity contribution < 1.29 is 83.3 Å². The molecule has 26 nitrogen and oxygen atoms in total. The highest BCUT2D eigenvalue weighted by molar-refractivity contribution is 7.65. The zero-order valence-corrected chi connectivity index (χ0v) is 40.9. The molecule has 4 heterocycles. The van der Waals surface area contributed by atoms with Crippen LogP contribution >= 0.6 is 23.5 Å². The molecule has 1 aromatic carbocycles. The first kappa shape index (κ1) is 58.1. The molecule has 0 amide bonds. The topological polar surface area (TPSA) is 384 Å². The van der Waals surface area contributed by atoms with Crippen LogP contribution in [0.4, 0.5) is 14.4 Å². The lowest BCUT2D eigenvalue weighted by molar-refractivity contribution is -0.455. The molecule has 0 radical (unpaired) electrons. The van der Waals surface area contributed by atoms with Gasteiger partial charge in [0, 0.05) is 47.2 Å². The quantitative estimate of drug-likeness (QED) is 0.0155. The maximum atomic E-state index is 15.9. The summed E-state index contributed by atoms with van der Waals surface area (Å²) in [6.45, 7) is 1.77. The average Bonchev–Trinajstić information content (AvgIpc) is 3.98. The van der Waals surface area contributed by atoms with E-state index in [1.807, 2.05) is 25.2 Å². The number of phosphoric acid groups is 3. The molecular formula is C41H49BF2N10O16P3-3. The number of fused-ring (bicyclic) bond motifs is 2. The fraction of sp³-hybridized carbons (Fsp3) is 0.463. The molecule has 32 heteroatoms. The van der Waals surface area contributed by atoms with Crippen molar-refractivity contribution in [2.45, 2.75) is 96.6 Å². The highest BCUT2D eigenvalue weighted by Crippen LogP contribution is 2.61. The first-order valence-electron chi connectivity index (χ1n) is 21.6. The second kappa shape index (κ2) is 24.5. The number of nitrogens with two attached hydrogens (primary N) is 1. The van der Waals surface area contributed by atoms with E-state index in [9.17, 15) is 38.0 Å². The van der Waals surface area contributed by atoms with Crippen LogP contribution in [-0.4, -0.2) is 82.2 Å². The smallest absolute Gasteiger partial charge is 0.619 e. The van der Waals surface area contributed by atoms with Crippen LogP contribution in [0.3, 0.4) is 0 Å². The number of nitrogens with zero attached hydrogens (tertiary/aromatic N) is 9. The van der Waals surface area contributed by atoms with Gasteiger partial charge < -0.3 is 61.9 Å². The number of nitrogen functional groups attached to an aromatic ring is 1. The zero-order valence-electron chi connectivity index (χ0n) is 38.3. The number of esters is 1. The van der Waals surface area contributed by atoms with E-state index in [1.54, 1.807) is 6.92 Å². The zero-order chi connectivity index (χ0) is 52.6. The number of hydrogen-bond acceptors (Lipinski definition) is 19. The van der Waals surface area contributed by atoms with E-state index in [0.717, 1.165) is 27.5 Å². The van der Waals surface area contributed by atoms with Crippen molar-refractivity contribution in [1.82, 2.24) is 9.55 Å². The third kappa shape index (κ3) is 15.2. The van der Waals surface area contributed by atoms with E-state index >= 15 is 8.63 Å². The Hall–Kier alpha value is -5.77. The third-order valence-corrected chi connectivity index (χ3v) is 15.4. The number of carbonyl (C=O) groups excluding carboxylic acids is 1. The molecule has 3 aliphatic heterocycles. The number of anilines is 1. The molecule has 0 spiro atoms. The van der Waals surface area contributed by atoms with Crippen LogP contribution in [0, 0.1) is 11.8 Å². The molecular weight excluding hydrogens is 1030 g/mol. The Bertz CT molecular complexity index is 3000. The Morgan fingerprint density at radius 2 is 1.89 bits per heavy atom. The predicted octanol–water partition coefficient (Wildman–Crippen LogP) is 5.68. The lowest BCUT2D eigenvalue weighted by Crippen LogP contribution is -2.53. The SMILES string of the molecule is C.C=C(CCCOc1ccc(C(=O)OCC#Cc2cn([C@H]3CC(OCN=[N+]=[N-])[C@@H](COP(=O)([O-])OP(=O)([O-])OP(=O)([O-])O)O3)c(=O)nc2N)c(CN=[N+]=[N-])c1)CCC1=[N+]2C(C=C1)CC1=C(C)C=C(C)C1[B-]2(F)F. The molecule has 394 valence electrons. The summed E-state index contributed by atoms with van der Waals surface area (Å²) in [4.78, 5) is 78.2. The van der Waals surface area contributed by atoms with E-state index in [1.165, 1.54) is 22.7 Å². The van der Waals surface area contributed by atoms with Crippen LogP contribution in [-0.2, 0) is 47.6 Å². The molecule has 2 saturated heterocycles. The minimum absolute atomic E-state index is 0. The Kier molecular flexibility index (Phi) is 19.5. The molecule has 3 N–H and O–H groups in total. The Labute approximate surface area is 415 Å². The van der Waals surface area contributed by atoms with Gasteiger partial charge in [-0.15, -0.1) is 0 Å². The van der Waals surface area contributed by atoms with Gasteiger partial charge in [-0.25, -0.2) is 18.2 Å². The molecule has 1 aromatic heterocycles. The second-order valence-electron chi connectivity index (χ2n) is 16.6. The molecule has 8 atom stereocenters. The minimum atomic E-state index is -6.22. The maximum Gasteiger partial charge on any atom is 0.619 e. The number of carbonyl (C=O) groups is 1. The average molecular weight is 1080 g/mol. The molecule has 1 aliphatic carbocycles. The summed E-state index contributed by atoms with van der Waals surface area (Å²) < 4.78 is 102. The van der Waals surface area contributed by atoms with Crippen molar-refractivity contribution in [3.05, 3.63) is 120 Å². The van der Waals surface area contributed by atoms with Crippen molar-refractivity contribution in [3.8, 4) is 17.6 Å². The van der Waals surface area contributed by atoms with E-state index in [2.05, 4.69) is 56.6 Å². The van der Waals surface area contributed by atoms with E-state index < -0.39 is 86.2 Å². The number of halogens is 2. The van der Waals surface area contributed by atoms with Crippen LogP contribution < -0.4 is 30.8 Å². The van der Waals surface area contributed by atoms with Crippen LogP contribution in [0.2, 0.25) is 5.82 Å². The number of allylic oxidation sites excluding steroid dienone is 5. The highest BCUT2D eigenvalue weighted by Gasteiger charge is 2.59. The van der Waals surface area contributed by atoms with Gasteiger partial charge in [-0.05, 0) is 74.0 Å². The number of hydrogen-bond donors (Lipinski definition) is 2. The Morgan fingerprint density at radius 1 is 1.15 bits per heavy atom. The number of rotatable bonds is 23. The summed E-state index contributed by atoms with van der Waals surface area (Å²) in [5.41, 5.74) is 26.8. The predicted molar refractivity (Wildman–Crippen MR) is 251 cm³/mol. The summed E-state index contributed by atoms with van der Waals surface area (Å²) in [5, 5.41) is 6.76. The lowest BCUT2D eigenvalue weighted by atomic mass is 9.54. The van der Waals surface area contributed by atoms with Gasteiger partial charge in [-0.1, -0.05) is 64.4 Å². The largest absolute Gasteiger partial charge is 0.756 e. The molecule has 2 fully saturated rings. The monoisotopic (exact) mass is 1080 g/mol. The summed E-state index contributed by atoms with van der Waals surface area (Å²) >= 11 is 0. The van der Waals surface area contributed by atoms with Gasteiger partial charge >= 0.3 is 18.5 Å². The maximum absolute atomic E-state index is 15.9. The summed E-state index contributed by atoms with van der Waals surface area (Å²) in [5.74, 6) is 3.47. The second-order valence-corrected chi connectivity index (χ2v) is 20.8. The fourth-order valence-electron chi connectivity index (χ4n) is 8.68. The Morgan fingerprint density at radius 3 is 2.60 bits per heavy atom. The molecule has 6 rings (SSSR count). The van der Waals surface area contributed by atoms with Gasteiger partial charge in [0.25, 0.3) is 23.5 Å². The van der Waals surface area contributed by atoms with E-state index in [4.69, 9.17) is 40.6 Å². The molecule has 0 bridgehead atoms. The first-order valence-corrected chi connectivity index (χ1v) is 26.0. The van der Waals surface area contributed by atoms with E-state index in [-0.39, 0.29) is 55.5 Å². The standard InChI is InChI=1S/C40H48BF2N10O16P3.CH4/c1-24(8-9-29-10-11-30-18-33-25(2)16-26(3)37(33)41(42,43)53(29)30)6-4-14-63-31-12-13-32(28(17-31)20-47-50-45)39(54)64-15-5-7-27-21-52(40(55)49-38(27)44)36-19-34(65-23-48-51-46)35(67-36)22-66-71(59,60)69-72(61,62)68-70(56,57)58;/h10-13,16-17,21,30,34-37H,1,4,6,8-9,14-15,18-20,22-23H2,2-3H3,(H,59,60)(H,61,62)(H2,44,49,55)(H2,56,57,58);1H4/p-3/t30?,34?,35-,36-,37?;/m1./s1. The number of azide groups is 2. The normalized spacial score (nSPS) is 22.9. The number of aromatic nitrogens is 2. The van der Waals surface area contributed by atoms with Crippen molar-refractivity contribution >= 4 is 47.8 Å². The van der Waals surface area contributed by atoms with Crippen LogP contribution in [0.1, 0.15) is 87.5 Å². The van der Waals surface area contributed by atoms with Crippen molar-refractivity contribution in [3.63, 3.8) is 0 Å². The minimum Gasteiger partial charge on any atom is -0.756 e. The Balaban J connectivity index is 0.00000988. The first-order chi connectivity index (χ1) is 33.9. The highest BCUT2D eigenvalue weighted by atomic mass is 31.3.